The van der Waals surface area contributed by atoms with Crippen molar-refractivity contribution in [1.29, 1.82) is 0 Å². The van der Waals surface area contributed by atoms with Gasteiger partial charge in [-0.05, 0) is 53.2 Å². The summed E-state index contributed by atoms with van der Waals surface area (Å²) in [4.78, 5) is 12.5. The first-order valence-electron chi connectivity index (χ1n) is 7.00. The smallest absolute Gasteiger partial charge is 0.248 e. The molecular formula is C16H16BrFN2O3S. The molecule has 128 valence electrons. The minimum Gasteiger partial charge on any atom is -0.323 e. The Bertz CT molecular complexity index is 858. The fraction of sp³-hybridized carbons (Fsp3) is 0.188. The van der Waals surface area contributed by atoms with Crippen molar-refractivity contribution in [1.82, 2.24) is 0 Å². The largest absolute Gasteiger partial charge is 0.323 e. The minimum absolute atomic E-state index is 0.0901. The highest BCUT2D eigenvalue weighted by molar-refractivity contribution is 9.10. The van der Waals surface area contributed by atoms with Crippen molar-refractivity contribution in [3.63, 3.8) is 0 Å². The van der Waals surface area contributed by atoms with Crippen LogP contribution in [0.25, 0.3) is 0 Å². The molecule has 1 atom stereocenters. The van der Waals surface area contributed by atoms with Crippen molar-refractivity contribution in [2.45, 2.75) is 13.0 Å². The number of para-hydroxylation sites is 1. The molecule has 0 saturated heterocycles. The highest BCUT2D eigenvalue weighted by Gasteiger charge is 2.29. The van der Waals surface area contributed by atoms with Gasteiger partial charge in [-0.1, -0.05) is 18.2 Å². The van der Waals surface area contributed by atoms with E-state index in [1.54, 1.807) is 24.3 Å². The lowest BCUT2D eigenvalue weighted by Crippen LogP contribution is -2.45. The number of nitrogens with one attached hydrogen (secondary N) is 1. The van der Waals surface area contributed by atoms with Gasteiger partial charge in [0.05, 0.1) is 17.6 Å². The predicted octanol–water partition coefficient (Wildman–Crippen LogP) is 3.38. The third kappa shape index (κ3) is 4.33. The quantitative estimate of drug-likeness (QED) is 0.815. The van der Waals surface area contributed by atoms with Gasteiger partial charge >= 0.3 is 0 Å². The van der Waals surface area contributed by atoms with E-state index in [4.69, 9.17) is 0 Å². The summed E-state index contributed by atoms with van der Waals surface area (Å²) in [6.45, 7) is 1.44. The number of halogens is 2. The molecule has 0 aliphatic heterocycles. The van der Waals surface area contributed by atoms with Crippen molar-refractivity contribution in [2.75, 3.05) is 15.9 Å². The maximum absolute atomic E-state index is 13.5. The van der Waals surface area contributed by atoms with E-state index in [0.717, 1.165) is 16.6 Å². The van der Waals surface area contributed by atoms with Crippen molar-refractivity contribution in [2.24, 2.45) is 0 Å². The SMILES string of the molecule is C[C@H](C(=O)Nc1ccccc1Br)N(c1cccc(F)c1)S(C)(=O)=O. The van der Waals surface area contributed by atoms with Crippen molar-refractivity contribution < 1.29 is 17.6 Å². The molecule has 1 amide bonds. The topological polar surface area (TPSA) is 66.5 Å². The van der Waals surface area contributed by atoms with E-state index < -0.39 is 27.8 Å². The van der Waals surface area contributed by atoms with Crippen LogP contribution in [0.4, 0.5) is 15.8 Å². The second-order valence-electron chi connectivity index (χ2n) is 5.18. The number of rotatable bonds is 5. The zero-order chi connectivity index (χ0) is 17.9. The molecule has 2 rings (SSSR count). The van der Waals surface area contributed by atoms with Gasteiger partial charge in [0.2, 0.25) is 15.9 Å². The van der Waals surface area contributed by atoms with E-state index >= 15 is 0 Å². The Balaban J connectivity index is 2.33. The number of hydrogen-bond acceptors (Lipinski definition) is 3. The number of benzene rings is 2. The van der Waals surface area contributed by atoms with Gasteiger partial charge in [0.15, 0.2) is 0 Å². The second kappa shape index (κ2) is 7.31. The summed E-state index contributed by atoms with van der Waals surface area (Å²) in [6, 6.07) is 11.0. The molecule has 0 fully saturated rings. The molecule has 1 N–H and O–H groups in total. The lowest BCUT2D eigenvalue weighted by Gasteiger charge is -2.28. The summed E-state index contributed by atoms with van der Waals surface area (Å²) >= 11 is 3.31. The van der Waals surface area contributed by atoms with Crippen LogP contribution in [0, 0.1) is 5.82 Å². The van der Waals surface area contributed by atoms with Gasteiger partial charge in [0.1, 0.15) is 11.9 Å². The number of anilines is 2. The summed E-state index contributed by atoms with van der Waals surface area (Å²) in [5, 5.41) is 2.66. The first-order valence-corrected chi connectivity index (χ1v) is 9.64. The van der Waals surface area contributed by atoms with Crippen LogP contribution >= 0.6 is 15.9 Å². The molecule has 0 heterocycles. The fourth-order valence-electron chi connectivity index (χ4n) is 2.22. The normalized spacial score (nSPS) is 12.5. The van der Waals surface area contributed by atoms with Gasteiger partial charge < -0.3 is 5.32 Å². The summed E-state index contributed by atoms with van der Waals surface area (Å²) in [7, 11) is -3.79. The number of sulfonamides is 1. The molecule has 0 unspecified atom stereocenters. The van der Waals surface area contributed by atoms with E-state index in [1.807, 2.05) is 0 Å². The first-order chi connectivity index (χ1) is 11.2. The molecule has 0 aromatic heterocycles. The van der Waals surface area contributed by atoms with Crippen LogP contribution in [-0.2, 0) is 14.8 Å². The molecule has 8 heteroatoms. The average Bonchev–Trinajstić information content (AvgIpc) is 2.48. The number of nitrogens with zero attached hydrogens (tertiary/aromatic N) is 1. The standard InChI is InChI=1S/C16H16BrFN2O3S/c1-11(16(21)19-15-9-4-3-8-14(15)17)20(24(2,22)23)13-7-5-6-12(18)10-13/h3-11H,1-2H3,(H,19,21)/t11-/m1/s1. The van der Waals surface area contributed by atoms with Crippen LogP contribution in [0.3, 0.4) is 0 Å². The van der Waals surface area contributed by atoms with Gasteiger partial charge in [-0.25, -0.2) is 12.8 Å². The second-order valence-corrected chi connectivity index (χ2v) is 7.90. The van der Waals surface area contributed by atoms with Crippen LogP contribution in [0.5, 0.6) is 0 Å². The zero-order valence-corrected chi connectivity index (χ0v) is 15.4. The minimum atomic E-state index is -3.79. The lowest BCUT2D eigenvalue weighted by atomic mass is 10.2. The van der Waals surface area contributed by atoms with E-state index in [-0.39, 0.29) is 5.69 Å². The highest BCUT2D eigenvalue weighted by Crippen LogP contribution is 2.24. The fourth-order valence-corrected chi connectivity index (χ4v) is 3.77. The number of carbonyl (C=O) groups excluding carboxylic acids is 1. The highest BCUT2D eigenvalue weighted by atomic mass is 79.9. The van der Waals surface area contributed by atoms with Gasteiger partial charge in [0, 0.05) is 4.47 Å². The molecule has 2 aromatic rings. The number of hydrogen-bond donors (Lipinski definition) is 1. The lowest BCUT2D eigenvalue weighted by molar-refractivity contribution is -0.116. The average molecular weight is 415 g/mol. The Labute approximate surface area is 148 Å². The summed E-state index contributed by atoms with van der Waals surface area (Å²) in [5.41, 5.74) is 0.606. The van der Waals surface area contributed by atoms with Gasteiger partial charge in [-0.3, -0.25) is 9.10 Å². The molecule has 0 bridgehead atoms. The maximum Gasteiger partial charge on any atom is 0.248 e. The van der Waals surface area contributed by atoms with Crippen LogP contribution in [0.1, 0.15) is 6.92 Å². The Hall–Kier alpha value is -1.93. The Kier molecular flexibility index (Phi) is 5.61. The summed E-state index contributed by atoms with van der Waals surface area (Å²) < 4.78 is 39.3. The molecular weight excluding hydrogens is 399 g/mol. The zero-order valence-electron chi connectivity index (χ0n) is 13.0. The van der Waals surface area contributed by atoms with Crippen molar-refractivity contribution in [3.05, 3.63) is 58.8 Å². The molecule has 24 heavy (non-hydrogen) atoms. The number of carbonyl (C=O) groups is 1. The van der Waals surface area contributed by atoms with Crippen molar-refractivity contribution >= 4 is 43.2 Å². The van der Waals surface area contributed by atoms with E-state index in [0.29, 0.717) is 10.2 Å². The number of amides is 1. The van der Waals surface area contributed by atoms with Crippen LogP contribution < -0.4 is 9.62 Å². The summed E-state index contributed by atoms with van der Waals surface area (Å²) in [5.74, 6) is -1.11. The molecule has 0 radical (unpaired) electrons. The summed E-state index contributed by atoms with van der Waals surface area (Å²) in [6.07, 6.45) is 0.972. The molecule has 0 aliphatic rings. The predicted molar refractivity (Wildman–Crippen MR) is 96.0 cm³/mol. The van der Waals surface area contributed by atoms with Gasteiger partial charge in [-0.15, -0.1) is 0 Å². The Morgan fingerprint density at radius 1 is 1.21 bits per heavy atom. The van der Waals surface area contributed by atoms with Crippen molar-refractivity contribution in [3.8, 4) is 0 Å². The first kappa shape index (κ1) is 18.4. The van der Waals surface area contributed by atoms with E-state index in [9.17, 15) is 17.6 Å². The molecule has 0 saturated carbocycles. The van der Waals surface area contributed by atoms with Gasteiger partial charge in [-0.2, -0.15) is 0 Å². The molecule has 5 nitrogen and oxygen atoms in total. The maximum atomic E-state index is 13.5. The molecule has 0 aliphatic carbocycles. The molecule has 2 aromatic carbocycles. The monoisotopic (exact) mass is 414 g/mol. The Morgan fingerprint density at radius 3 is 2.46 bits per heavy atom. The third-order valence-corrected chi connectivity index (χ3v) is 5.22. The molecule has 0 spiro atoms. The third-order valence-electron chi connectivity index (χ3n) is 3.28. The van der Waals surface area contributed by atoms with Gasteiger partial charge in [0.25, 0.3) is 0 Å². The van der Waals surface area contributed by atoms with E-state index in [1.165, 1.54) is 25.1 Å². The Morgan fingerprint density at radius 2 is 1.88 bits per heavy atom. The van der Waals surface area contributed by atoms with Crippen LogP contribution in [0.15, 0.2) is 53.0 Å². The van der Waals surface area contributed by atoms with Crippen LogP contribution in [0.2, 0.25) is 0 Å². The van der Waals surface area contributed by atoms with Crippen LogP contribution in [-0.4, -0.2) is 26.6 Å². The van der Waals surface area contributed by atoms with E-state index in [2.05, 4.69) is 21.2 Å².